The Kier molecular flexibility index (Phi) is 1.82. The molecule has 3 nitrogen and oxygen atoms in total. The van der Waals surface area contributed by atoms with Crippen LogP contribution in [0.5, 0.6) is 0 Å². The molecule has 0 aliphatic heterocycles. The Morgan fingerprint density at radius 3 is 3.07 bits per heavy atom. The summed E-state index contributed by atoms with van der Waals surface area (Å²) in [5.41, 5.74) is 5.17. The van der Waals surface area contributed by atoms with Crippen LogP contribution in [0, 0.1) is 6.92 Å². The van der Waals surface area contributed by atoms with E-state index in [0.29, 0.717) is 0 Å². The molecule has 4 heteroatoms. The minimum atomic E-state index is 0.937. The van der Waals surface area contributed by atoms with Gasteiger partial charge in [-0.25, -0.2) is 9.50 Å². The van der Waals surface area contributed by atoms with E-state index in [9.17, 15) is 0 Å². The van der Waals surface area contributed by atoms with Crippen molar-refractivity contribution in [3.05, 3.63) is 41.5 Å². The van der Waals surface area contributed by atoms with Crippen molar-refractivity contribution in [3.8, 4) is 11.3 Å². The first kappa shape index (κ1) is 8.61. The Hall–Kier alpha value is -1.68. The smallest absolute Gasteiger partial charge is 0.212 e. The number of benzene rings is 1. The van der Waals surface area contributed by atoms with Crippen molar-refractivity contribution < 1.29 is 0 Å². The lowest BCUT2D eigenvalue weighted by Crippen LogP contribution is -1.79. The number of imidazole rings is 1. The minimum absolute atomic E-state index is 0.937. The quantitative estimate of drug-likeness (QED) is 0.624. The first-order chi connectivity index (χ1) is 7.33. The third kappa shape index (κ3) is 1.43. The normalized spacial score (nSPS) is 11.0. The fraction of sp³-hybridized carbons (Fsp3) is 0.0909. The minimum Gasteiger partial charge on any atom is -0.217 e. The summed E-state index contributed by atoms with van der Waals surface area (Å²) in [4.78, 5) is 5.44. The molecule has 0 bridgehead atoms. The third-order valence-corrected chi connectivity index (χ3v) is 2.99. The van der Waals surface area contributed by atoms with Gasteiger partial charge in [-0.05, 0) is 13.0 Å². The van der Waals surface area contributed by atoms with E-state index in [2.05, 4.69) is 35.2 Å². The number of fused-ring (bicyclic) bond motifs is 1. The molecule has 0 aliphatic carbocycles. The highest BCUT2D eigenvalue weighted by Gasteiger charge is 2.05. The standard InChI is InChI=1S/C11H9N3S/c1-8-3-2-4-9(5-8)10-6-14-11(13-10)15-7-12-14/h2-7H,1H3. The molecule has 0 atom stereocenters. The second-order valence-corrected chi connectivity index (χ2v) is 4.27. The van der Waals surface area contributed by atoms with Crippen LogP contribution in [-0.2, 0) is 0 Å². The molecule has 0 unspecified atom stereocenters. The van der Waals surface area contributed by atoms with E-state index in [0.717, 1.165) is 16.2 Å². The van der Waals surface area contributed by atoms with E-state index in [1.165, 1.54) is 5.56 Å². The van der Waals surface area contributed by atoms with Gasteiger partial charge >= 0.3 is 0 Å². The van der Waals surface area contributed by atoms with Crippen LogP contribution >= 0.6 is 11.3 Å². The summed E-state index contributed by atoms with van der Waals surface area (Å²) in [5.74, 6) is 0. The van der Waals surface area contributed by atoms with Crippen LogP contribution in [0.25, 0.3) is 16.2 Å². The van der Waals surface area contributed by atoms with Crippen LogP contribution < -0.4 is 0 Å². The summed E-state index contributed by atoms with van der Waals surface area (Å²) >= 11 is 1.55. The molecule has 3 aromatic rings. The van der Waals surface area contributed by atoms with Gasteiger partial charge in [-0.1, -0.05) is 35.1 Å². The zero-order valence-electron chi connectivity index (χ0n) is 8.21. The average molecular weight is 215 g/mol. The molecule has 74 valence electrons. The molecule has 0 aliphatic rings. The Morgan fingerprint density at radius 1 is 1.33 bits per heavy atom. The Bertz CT molecular complexity index is 580. The van der Waals surface area contributed by atoms with E-state index >= 15 is 0 Å². The molecule has 0 saturated heterocycles. The number of hydrogen-bond acceptors (Lipinski definition) is 3. The lowest BCUT2D eigenvalue weighted by molar-refractivity contribution is 0.974. The van der Waals surface area contributed by atoms with Crippen molar-refractivity contribution >= 4 is 16.3 Å². The van der Waals surface area contributed by atoms with Crippen LogP contribution in [0.1, 0.15) is 5.56 Å². The lowest BCUT2D eigenvalue weighted by atomic mass is 10.1. The predicted octanol–water partition coefficient (Wildman–Crippen LogP) is 2.77. The maximum Gasteiger partial charge on any atom is 0.212 e. The largest absolute Gasteiger partial charge is 0.217 e. The van der Waals surface area contributed by atoms with Crippen LogP contribution in [0.4, 0.5) is 0 Å². The molecule has 15 heavy (non-hydrogen) atoms. The van der Waals surface area contributed by atoms with Gasteiger partial charge in [-0.2, -0.15) is 5.10 Å². The van der Waals surface area contributed by atoms with Crippen molar-refractivity contribution in [2.75, 3.05) is 0 Å². The zero-order valence-corrected chi connectivity index (χ0v) is 9.03. The highest BCUT2D eigenvalue weighted by molar-refractivity contribution is 7.14. The molecule has 0 radical (unpaired) electrons. The lowest BCUT2D eigenvalue weighted by Gasteiger charge is -1.96. The topological polar surface area (TPSA) is 30.2 Å². The Morgan fingerprint density at radius 2 is 2.27 bits per heavy atom. The molecule has 0 N–H and O–H groups in total. The van der Waals surface area contributed by atoms with Crippen molar-refractivity contribution in [1.29, 1.82) is 0 Å². The van der Waals surface area contributed by atoms with Gasteiger partial charge in [0.1, 0.15) is 5.51 Å². The average Bonchev–Trinajstić information content (AvgIpc) is 2.76. The molecule has 2 heterocycles. The number of aromatic nitrogens is 3. The molecule has 0 amide bonds. The molecular weight excluding hydrogens is 206 g/mol. The van der Waals surface area contributed by atoms with Gasteiger partial charge in [-0.15, -0.1) is 0 Å². The van der Waals surface area contributed by atoms with Gasteiger partial charge < -0.3 is 0 Å². The van der Waals surface area contributed by atoms with Gasteiger partial charge in [0.25, 0.3) is 0 Å². The van der Waals surface area contributed by atoms with Crippen LogP contribution in [0.2, 0.25) is 0 Å². The number of nitrogens with zero attached hydrogens (tertiary/aromatic N) is 3. The fourth-order valence-electron chi connectivity index (χ4n) is 1.58. The third-order valence-electron chi connectivity index (χ3n) is 2.30. The first-order valence-corrected chi connectivity index (χ1v) is 5.57. The number of aryl methyl sites for hydroxylation is 1. The molecule has 1 aromatic carbocycles. The maximum absolute atomic E-state index is 4.50. The predicted molar refractivity (Wildman–Crippen MR) is 61.0 cm³/mol. The highest BCUT2D eigenvalue weighted by atomic mass is 32.1. The molecule has 2 aromatic heterocycles. The summed E-state index contributed by atoms with van der Waals surface area (Å²) in [6.45, 7) is 2.08. The molecule has 0 saturated carbocycles. The van der Waals surface area contributed by atoms with Crippen LogP contribution in [-0.4, -0.2) is 14.6 Å². The summed E-state index contributed by atoms with van der Waals surface area (Å²) in [6, 6.07) is 8.33. The van der Waals surface area contributed by atoms with Crippen molar-refractivity contribution in [3.63, 3.8) is 0 Å². The van der Waals surface area contributed by atoms with E-state index in [-0.39, 0.29) is 0 Å². The summed E-state index contributed by atoms with van der Waals surface area (Å²) in [6.07, 6.45) is 1.96. The zero-order chi connectivity index (χ0) is 10.3. The summed E-state index contributed by atoms with van der Waals surface area (Å²) in [5, 5.41) is 4.16. The van der Waals surface area contributed by atoms with Crippen molar-refractivity contribution in [1.82, 2.24) is 14.6 Å². The first-order valence-electron chi connectivity index (χ1n) is 4.69. The monoisotopic (exact) mass is 215 g/mol. The molecule has 3 rings (SSSR count). The van der Waals surface area contributed by atoms with Gasteiger partial charge in [-0.3, -0.25) is 0 Å². The summed E-state index contributed by atoms with van der Waals surface area (Å²) < 4.78 is 1.81. The number of hydrogen-bond donors (Lipinski definition) is 0. The van der Waals surface area contributed by atoms with Crippen LogP contribution in [0.15, 0.2) is 36.0 Å². The van der Waals surface area contributed by atoms with Gasteiger partial charge in [0, 0.05) is 5.56 Å². The second-order valence-electron chi connectivity index (χ2n) is 3.46. The Labute approximate surface area is 91.0 Å². The van der Waals surface area contributed by atoms with Gasteiger partial charge in [0.2, 0.25) is 4.96 Å². The van der Waals surface area contributed by atoms with E-state index < -0.39 is 0 Å². The fourth-order valence-corrected chi connectivity index (χ4v) is 2.18. The maximum atomic E-state index is 4.50. The van der Waals surface area contributed by atoms with Gasteiger partial charge in [0.15, 0.2) is 0 Å². The molecular formula is C11H9N3S. The van der Waals surface area contributed by atoms with E-state index in [1.807, 2.05) is 16.8 Å². The van der Waals surface area contributed by atoms with Crippen molar-refractivity contribution in [2.45, 2.75) is 6.92 Å². The molecule has 0 spiro atoms. The number of rotatable bonds is 1. The summed E-state index contributed by atoms with van der Waals surface area (Å²) in [7, 11) is 0. The van der Waals surface area contributed by atoms with Crippen LogP contribution in [0.3, 0.4) is 0 Å². The SMILES string of the molecule is Cc1cccc(-c2cn3ncsc3n2)c1. The molecule has 0 fully saturated rings. The van der Waals surface area contributed by atoms with Crippen molar-refractivity contribution in [2.24, 2.45) is 0 Å². The second kappa shape index (κ2) is 3.17. The van der Waals surface area contributed by atoms with Gasteiger partial charge in [0.05, 0.1) is 11.9 Å². The Balaban J connectivity index is 2.17. The van der Waals surface area contributed by atoms with E-state index in [4.69, 9.17) is 0 Å². The van der Waals surface area contributed by atoms with E-state index in [1.54, 1.807) is 16.8 Å². The highest BCUT2D eigenvalue weighted by Crippen LogP contribution is 2.20.